The summed E-state index contributed by atoms with van der Waals surface area (Å²) in [6.45, 7) is 3.61. The van der Waals surface area contributed by atoms with Gasteiger partial charge in [-0.25, -0.2) is 4.68 Å². The number of benzene rings is 1. The number of alkyl halides is 3. The van der Waals surface area contributed by atoms with Crippen LogP contribution in [-0.2, 0) is 6.18 Å². The topological polar surface area (TPSA) is 43.8 Å². The van der Waals surface area contributed by atoms with Gasteiger partial charge >= 0.3 is 6.18 Å². The number of thiocarbonyl (C=S) groups is 1. The molecule has 1 aromatic heterocycles. The van der Waals surface area contributed by atoms with Gasteiger partial charge in [0.25, 0.3) is 0 Å². The van der Waals surface area contributed by atoms with Crippen LogP contribution in [0.25, 0.3) is 5.69 Å². The third-order valence-electron chi connectivity index (χ3n) is 3.02. The van der Waals surface area contributed by atoms with Crippen molar-refractivity contribution < 1.29 is 13.2 Å². The molecule has 0 aliphatic heterocycles. The highest BCUT2D eigenvalue weighted by Gasteiger charge is 2.34. The zero-order chi connectivity index (χ0) is 15.9. The van der Waals surface area contributed by atoms with Crippen molar-refractivity contribution in [3.63, 3.8) is 0 Å². The Morgan fingerprint density at radius 3 is 2.38 bits per heavy atom. The number of nitrogens with two attached hydrogens (primary N) is 1. The van der Waals surface area contributed by atoms with E-state index in [4.69, 9.17) is 18.0 Å². The van der Waals surface area contributed by atoms with Gasteiger partial charge in [0.2, 0.25) is 0 Å². The molecule has 1 aromatic carbocycles. The normalized spacial score (nSPS) is 11.7. The van der Waals surface area contributed by atoms with Crippen molar-refractivity contribution >= 4 is 33.1 Å². The summed E-state index contributed by atoms with van der Waals surface area (Å²) < 4.78 is 41.2. The molecule has 0 unspecified atom stereocenters. The second-order valence-corrected chi connectivity index (χ2v) is 5.72. The van der Waals surface area contributed by atoms with Crippen LogP contribution < -0.4 is 5.73 Å². The van der Waals surface area contributed by atoms with Gasteiger partial charge in [0.1, 0.15) is 4.99 Å². The number of halogens is 4. The molecule has 0 aliphatic carbocycles. The molecule has 0 saturated heterocycles. The van der Waals surface area contributed by atoms with Crippen molar-refractivity contribution in [2.24, 2.45) is 5.73 Å². The average Bonchev–Trinajstić information content (AvgIpc) is 2.64. The summed E-state index contributed by atoms with van der Waals surface area (Å²) in [5.74, 6) is 0. The van der Waals surface area contributed by atoms with E-state index in [0.29, 0.717) is 5.69 Å². The number of aromatic nitrogens is 2. The summed E-state index contributed by atoms with van der Waals surface area (Å²) >= 11 is 8.11. The van der Waals surface area contributed by atoms with E-state index in [1.165, 1.54) is 12.1 Å². The van der Waals surface area contributed by atoms with Crippen LogP contribution >= 0.6 is 28.1 Å². The molecule has 2 rings (SSSR count). The van der Waals surface area contributed by atoms with Crippen LogP contribution in [0.1, 0.15) is 22.5 Å². The van der Waals surface area contributed by atoms with Crippen LogP contribution in [0, 0.1) is 13.8 Å². The van der Waals surface area contributed by atoms with Gasteiger partial charge in [-0.15, -0.1) is 0 Å². The van der Waals surface area contributed by atoms with E-state index in [2.05, 4.69) is 21.0 Å². The molecule has 0 saturated carbocycles. The molecule has 2 N–H and O–H groups in total. The van der Waals surface area contributed by atoms with Crippen molar-refractivity contribution in [2.45, 2.75) is 20.0 Å². The van der Waals surface area contributed by atoms with Gasteiger partial charge in [-0.05, 0) is 48.0 Å². The zero-order valence-electron chi connectivity index (χ0n) is 11.1. The first-order chi connectivity index (χ1) is 9.62. The monoisotopic (exact) mass is 377 g/mol. The fraction of sp³-hybridized carbons (Fsp3) is 0.231. The number of nitrogens with zero attached hydrogens (tertiary/aromatic N) is 2. The number of rotatable bonds is 2. The van der Waals surface area contributed by atoms with Crippen molar-refractivity contribution in [2.75, 3.05) is 0 Å². The maximum absolute atomic E-state index is 12.9. The van der Waals surface area contributed by atoms with Gasteiger partial charge in [0.05, 0.1) is 27.1 Å². The molecule has 3 nitrogen and oxygen atoms in total. The summed E-state index contributed by atoms with van der Waals surface area (Å²) in [4.78, 5) is -0.301. The quantitative estimate of drug-likeness (QED) is 0.807. The van der Waals surface area contributed by atoms with Gasteiger partial charge in [-0.2, -0.15) is 18.3 Å². The third kappa shape index (κ3) is 2.96. The smallest absolute Gasteiger partial charge is 0.389 e. The number of aryl methyl sites for hydroxylation is 1. The molecule has 0 radical (unpaired) electrons. The van der Waals surface area contributed by atoms with Crippen LogP contribution in [0.3, 0.4) is 0 Å². The van der Waals surface area contributed by atoms with Crippen molar-refractivity contribution in [3.8, 4) is 5.69 Å². The highest BCUT2D eigenvalue weighted by atomic mass is 79.9. The summed E-state index contributed by atoms with van der Waals surface area (Å²) in [6.07, 6.45) is -4.51. The van der Waals surface area contributed by atoms with E-state index < -0.39 is 11.7 Å². The predicted molar refractivity (Wildman–Crippen MR) is 81.6 cm³/mol. The lowest BCUT2D eigenvalue weighted by Gasteiger charge is -2.14. The van der Waals surface area contributed by atoms with E-state index in [1.807, 2.05) is 6.92 Å². The van der Waals surface area contributed by atoms with Crippen LogP contribution in [0.5, 0.6) is 0 Å². The Hall–Kier alpha value is -1.41. The van der Waals surface area contributed by atoms with Gasteiger partial charge in [0.15, 0.2) is 0 Å². The summed E-state index contributed by atoms with van der Waals surface area (Å²) in [5, 5.41) is 4.28. The van der Waals surface area contributed by atoms with Gasteiger partial charge in [-0.1, -0.05) is 12.2 Å². The molecular formula is C13H11BrF3N3S. The van der Waals surface area contributed by atoms with Gasteiger partial charge in [0, 0.05) is 5.56 Å². The van der Waals surface area contributed by atoms with Crippen LogP contribution in [0.2, 0.25) is 0 Å². The minimum atomic E-state index is -4.51. The number of hydrogen-bond donors (Lipinski definition) is 1. The van der Waals surface area contributed by atoms with E-state index in [0.717, 1.165) is 21.9 Å². The Labute approximate surface area is 133 Å². The van der Waals surface area contributed by atoms with E-state index in [1.54, 1.807) is 11.6 Å². The average molecular weight is 378 g/mol. The fourth-order valence-corrected chi connectivity index (χ4v) is 2.41. The lowest BCUT2D eigenvalue weighted by Crippen LogP contribution is -2.18. The molecule has 8 heteroatoms. The van der Waals surface area contributed by atoms with Crippen molar-refractivity contribution in [1.29, 1.82) is 0 Å². The highest BCUT2D eigenvalue weighted by Crippen LogP contribution is 2.33. The first-order valence-corrected chi connectivity index (χ1v) is 7.06. The Morgan fingerprint density at radius 1 is 1.33 bits per heavy atom. The molecule has 0 aliphatic rings. The third-order valence-corrected chi connectivity index (χ3v) is 4.39. The summed E-state index contributed by atoms with van der Waals surface area (Å²) in [7, 11) is 0. The minimum absolute atomic E-state index is 0.210. The second kappa shape index (κ2) is 5.42. The first kappa shape index (κ1) is 16.0. The Balaban J connectivity index is 2.65. The molecule has 0 bridgehead atoms. The van der Waals surface area contributed by atoms with Crippen LogP contribution in [0.4, 0.5) is 13.2 Å². The standard InChI is InChI=1S/C13H11BrF3N3S/c1-6-11(14)7(2)20(19-6)8-3-4-10(13(15,16)17)9(5-8)12(18)21/h3-5H,1-2H3,(H2,18,21). The molecule has 0 amide bonds. The summed E-state index contributed by atoms with van der Waals surface area (Å²) in [6, 6.07) is 3.61. The molecule has 1 heterocycles. The molecule has 112 valence electrons. The molecule has 0 atom stereocenters. The largest absolute Gasteiger partial charge is 0.417 e. The van der Waals surface area contributed by atoms with Crippen molar-refractivity contribution in [3.05, 3.63) is 45.2 Å². The van der Waals surface area contributed by atoms with Crippen LogP contribution in [0.15, 0.2) is 22.7 Å². The predicted octanol–water partition coefficient (Wildman–Crippen LogP) is 3.90. The number of hydrogen-bond acceptors (Lipinski definition) is 2. The summed E-state index contributed by atoms with van der Waals surface area (Å²) in [5.41, 5.74) is 6.35. The Bertz CT molecular complexity index is 722. The maximum Gasteiger partial charge on any atom is 0.417 e. The Kier molecular flexibility index (Phi) is 4.12. The van der Waals surface area contributed by atoms with Crippen molar-refractivity contribution in [1.82, 2.24) is 9.78 Å². The van der Waals surface area contributed by atoms with E-state index in [-0.39, 0.29) is 10.6 Å². The molecular weight excluding hydrogens is 367 g/mol. The second-order valence-electron chi connectivity index (χ2n) is 4.49. The van der Waals surface area contributed by atoms with Gasteiger partial charge < -0.3 is 5.73 Å². The Morgan fingerprint density at radius 2 is 1.95 bits per heavy atom. The van der Waals surface area contributed by atoms with E-state index >= 15 is 0 Å². The molecule has 2 aromatic rings. The fourth-order valence-electron chi connectivity index (χ4n) is 1.99. The molecule has 0 fully saturated rings. The minimum Gasteiger partial charge on any atom is -0.389 e. The van der Waals surface area contributed by atoms with E-state index in [9.17, 15) is 13.2 Å². The maximum atomic E-state index is 12.9. The first-order valence-electron chi connectivity index (χ1n) is 5.86. The molecule has 21 heavy (non-hydrogen) atoms. The van der Waals surface area contributed by atoms with Gasteiger partial charge in [-0.3, -0.25) is 0 Å². The lowest BCUT2D eigenvalue weighted by atomic mass is 10.1. The lowest BCUT2D eigenvalue weighted by molar-refractivity contribution is -0.137. The zero-order valence-corrected chi connectivity index (χ0v) is 13.5. The highest BCUT2D eigenvalue weighted by molar-refractivity contribution is 9.10. The SMILES string of the molecule is Cc1nn(-c2ccc(C(F)(F)F)c(C(N)=S)c2)c(C)c1Br. The molecule has 0 spiro atoms. The van der Waals surface area contributed by atoms with Crippen LogP contribution in [-0.4, -0.2) is 14.8 Å².